The zero-order valence-electron chi connectivity index (χ0n) is 11.4. The average molecular weight is 293 g/mol. The maximum atomic E-state index is 12.4. The number of aromatic nitrogens is 3. The molecule has 2 aromatic heterocycles. The monoisotopic (exact) mass is 293 g/mol. The van der Waals surface area contributed by atoms with E-state index < -0.39 is 0 Å². The van der Waals surface area contributed by atoms with Gasteiger partial charge in [0.1, 0.15) is 5.82 Å². The molecule has 108 valence electrons. The van der Waals surface area contributed by atoms with E-state index in [9.17, 15) is 9.59 Å². The van der Waals surface area contributed by atoms with E-state index in [-0.39, 0.29) is 11.8 Å². The fourth-order valence-corrected chi connectivity index (χ4v) is 2.50. The molecule has 0 fully saturated rings. The maximum Gasteiger partial charge on any atom is 0.256 e. The van der Waals surface area contributed by atoms with Crippen molar-refractivity contribution < 1.29 is 9.59 Å². The number of aromatic amines is 1. The van der Waals surface area contributed by atoms with Gasteiger partial charge in [0, 0.05) is 23.9 Å². The Kier molecular flexibility index (Phi) is 2.65. The number of carbonyl (C=O) groups excluding carboxylic acids is 2. The Hall–Kier alpha value is -3.22. The number of carbonyl (C=O) groups is 2. The Labute approximate surface area is 124 Å². The summed E-state index contributed by atoms with van der Waals surface area (Å²) >= 11 is 0. The molecule has 3 heterocycles. The predicted octanol–water partition coefficient (Wildman–Crippen LogP) is 1.45. The molecule has 0 atom stereocenters. The van der Waals surface area contributed by atoms with Crippen molar-refractivity contribution in [2.24, 2.45) is 0 Å². The number of anilines is 1. The molecule has 0 saturated heterocycles. The summed E-state index contributed by atoms with van der Waals surface area (Å²) < 4.78 is 0. The number of hydrogen-bond acceptors (Lipinski definition) is 4. The van der Waals surface area contributed by atoms with E-state index in [2.05, 4.69) is 25.8 Å². The van der Waals surface area contributed by atoms with Crippen molar-refractivity contribution in [2.75, 3.05) is 5.32 Å². The Bertz CT molecular complexity index is 915. The normalized spacial score (nSPS) is 13.0. The molecule has 0 unspecified atom stereocenters. The largest absolute Gasteiger partial charge is 0.348 e. The molecule has 2 amide bonds. The van der Waals surface area contributed by atoms with Gasteiger partial charge >= 0.3 is 0 Å². The fraction of sp³-hybridized carbons (Fsp3) is 0.0667. The molecule has 22 heavy (non-hydrogen) atoms. The lowest BCUT2D eigenvalue weighted by Gasteiger charge is -2.04. The minimum Gasteiger partial charge on any atom is -0.348 e. The Morgan fingerprint density at radius 1 is 1.27 bits per heavy atom. The van der Waals surface area contributed by atoms with Gasteiger partial charge in [0.15, 0.2) is 5.65 Å². The first-order chi connectivity index (χ1) is 10.7. The van der Waals surface area contributed by atoms with Gasteiger partial charge in [-0.2, -0.15) is 5.10 Å². The lowest BCUT2D eigenvalue weighted by atomic mass is 10.1. The quantitative estimate of drug-likeness (QED) is 0.666. The van der Waals surface area contributed by atoms with E-state index in [1.165, 1.54) is 0 Å². The third-order valence-corrected chi connectivity index (χ3v) is 3.62. The molecular weight excluding hydrogens is 282 g/mol. The number of pyridine rings is 1. The van der Waals surface area contributed by atoms with Crippen molar-refractivity contribution in [1.82, 2.24) is 20.5 Å². The van der Waals surface area contributed by atoms with Crippen LogP contribution in [0.4, 0.5) is 5.82 Å². The Balaban J connectivity index is 1.64. The highest BCUT2D eigenvalue weighted by atomic mass is 16.2. The highest BCUT2D eigenvalue weighted by Crippen LogP contribution is 2.20. The highest BCUT2D eigenvalue weighted by Gasteiger charge is 2.20. The van der Waals surface area contributed by atoms with Gasteiger partial charge in [-0.25, -0.2) is 4.98 Å². The van der Waals surface area contributed by atoms with E-state index in [0.717, 1.165) is 10.9 Å². The molecule has 0 aliphatic carbocycles. The lowest BCUT2D eigenvalue weighted by molar-refractivity contribution is 0.0964. The van der Waals surface area contributed by atoms with Crippen LogP contribution in [-0.2, 0) is 6.54 Å². The van der Waals surface area contributed by atoms with Crippen molar-refractivity contribution >= 4 is 28.7 Å². The van der Waals surface area contributed by atoms with Gasteiger partial charge in [-0.1, -0.05) is 0 Å². The minimum absolute atomic E-state index is 0.104. The number of hydrogen-bond donors (Lipinski definition) is 3. The summed E-state index contributed by atoms with van der Waals surface area (Å²) in [5, 5.41) is 13.0. The molecular formula is C15H11N5O2. The van der Waals surface area contributed by atoms with Crippen molar-refractivity contribution in [3.05, 3.63) is 53.2 Å². The van der Waals surface area contributed by atoms with Crippen LogP contribution in [0.5, 0.6) is 0 Å². The summed E-state index contributed by atoms with van der Waals surface area (Å²) in [6.07, 6.45) is 1.64. The highest BCUT2D eigenvalue weighted by molar-refractivity contribution is 6.08. The third-order valence-electron chi connectivity index (χ3n) is 3.62. The minimum atomic E-state index is -0.267. The van der Waals surface area contributed by atoms with Crippen LogP contribution in [0.1, 0.15) is 26.3 Å². The van der Waals surface area contributed by atoms with Gasteiger partial charge in [0.25, 0.3) is 11.8 Å². The van der Waals surface area contributed by atoms with Gasteiger partial charge < -0.3 is 10.6 Å². The maximum absolute atomic E-state index is 12.4. The van der Waals surface area contributed by atoms with Gasteiger partial charge in [-0.05, 0) is 35.9 Å². The van der Waals surface area contributed by atoms with Crippen LogP contribution in [0.3, 0.4) is 0 Å². The first kappa shape index (κ1) is 12.5. The first-order valence-corrected chi connectivity index (χ1v) is 6.74. The summed E-state index contributed by atoms with van der Waals surface area (Å²) in [7, 11) is 0. The van der Waals surface area contributed by atoms with Crippen LogP contribution < -0.4 is 10.6 Å². The SMILES string of the molecule is O=C(Nc1[nH]nc2ncccc12)c1ccc2c(c1)CNC2=O. The van der Waals surface area contributed by atoms with E-state index in [4.69, 9.17) is 0 Å². The van der Waals surface area contributed by atoms with E-state index in [1.54, 1.807) is 30.5 Å². The second-order valence-corrected chi connectivity index (χ2v) is 4.98. The van der Waals surface area contributed by atoms with Gasteiger partial charge in [-0.15, -0.1) is 0 Å². The third kappa shape index (κ3) is 1.91. The number of fused-ring (bicyclic) bond motifs is 2. The van der Waals surface area contributed by atoms with Crippen LogP contribution >= 0.6 is 0 Å². The molecule has 3 N–H and O–H groups in total. The number of rotatable bonds is 2. The summed E-state index contributed by atoms with van der Waals surface area (Å²) in [6.45, 7) is 0.451. The topological polar surface area (TPSA) is 99.8 Å². The summed E-state index contributed by atoms with van der Waals surface area (Å²) in [4.78, 5) is 28.0. The van der Waals surface area contributed by atoms with Gasteiger partial charge in [0.2, 0.25) is 0 Å². The van der Waals surface area contributed by atoms with Crippen LogP contribution in [0.2, 0.25) is 0 Å². The summed E-state index contributed by atoms with van der Waals surface area (Å²) in [5.74, 6) is 0.131. The number of benzene rings is 1. The number of amides is 2. The zero-order valence-corrected chi connectivity index (χ0v) is 11.4. The zero-order chi connectivity index (χ0) is 15.1. The van der Waals surface area contributed by atoms with Gasteiger partial charge in [0.05, 0.1) is 5.39 Å². The molecule has 0 saturated carbocycles. The first-order valence-electron chi connectivity index (χ1n) is 6.74. The fourth-order valence-electron chi connectivity index (χ4n) is 2.50. The number of H-pyrrole nitrogens is 1. The van der Waals surface area contributed by atoms with Crippen LogP contribution in [0.25, 0.3) is 11.0 Å². The van der Waals surface area contributed by atoms with E-state index in [1.807, 2.05) is 6.07 Å². The number of nitrogens with zero attached hydrogens (tertiary/aromatic N) is 2. The number of nitrogens with one attached hydrogen (secondary N) is 3. The molecule has 0 radical (unpaired) electrons. The molecule has 1 aromatic carbocycles. The molecule has 7 nitrogen and oxygen atoms in total. The molecule has 4 rings (SSSR count). The smallest absolute Gasteiger partial charge is 0.256 e. The van der Waals surface area contributed by atoms with E-state index >= 15 is 0 Å². The van der Waals surface area contributed by atoms with Crippen molar-refractivity contribution in [1.29, 1.82) is 0 Å². The molecule has 0 spiro atoms. The van der Waals surface area contributed by atoms with Gasteiger partial charge in [-0.3, -0.25) is 14.7 Å². The summed E-state index contributed by atoms with van der Waals surface area (Å²) in [6, 6.07) is 8.63. The van der Waals surface area contributed by atoms with Crippen molar-refractivity contribution in [3.63, 3.8) is 0 Å². The molecule has 1 aliphatic heterocycles. The standard InChI is InChI=1S/C15H11N5O2/c21-14(8-3-4-10-9(6-8)7-17-15(10)22)18-13-11-2-1-5-16-12(11)19-20-13/h1-6H,7H2,(H,17,22)(H2,16,18,19,20,21). The van der Waals surface area contributed by atoms with E-state index in [0.29, 0.717) is 29.1 Å². The lowest BCUT2D eigenvalue weighted by Crippen LogP contribution is -2.13. The second kappa shape index (κ2) is 4.66. The van der Waals surface area contributed by atoms with Crippen LogP contribution in [0.15, 0.2) is 36.5 Å². The average Bonchev–Trinajstić information content (AvgIpc) is 3.12. The van der Waals surface area contributed by atoms with Crippen LogP contribution in [-0.4, -0.2) is 27.0 Å². The second-order valence-electron chi connectivity index (χ2n) is 4.98. The molecule has 0 bridgehead atoms. The van der Waals surface area contributed by atoms with Crippen molar-refractivity contribution in [2.45, 2.75) is 6.54 Å². The van der Waals surface area contributed by atoms with Crippen LogP contribution in [0, 0.1) is 0 Å². The Morgan fingerprint density at radius 2 is 2.18 bits per heavy atom. The predicted molar refractivity (Wildman–Crippen MR) is 79.5 cm³/mol. The Morgan fingerprint density at radius 3 is 3.09 bits per heavy atom. The summed E-state index contributed by atoms with van der Waals surface area (Å²) in [5.41, 5.74) is 2.48. The molecule has 7 heteroatoms. The molecule has 3 aromatic rings. The van der Waals surface area contributed by atoms with Crippen molar-refractivity contribution in [3.8, 4) is 0 Å². The molecule has 1 aliphatic rings.